The minimum Gasteiger partial charge on any atom is -0.271 e. The quantitative estimate of drug-likeness (QED) is 0.531. The van der Waals surface area contributed by atoms with Crippen LogP contribution in [-0.4, -0.2) is 20.8 Å². The topological polar surface area (TPSA) is 68.8 Å². The van der Waals surface area contributed by atoms with Crippen molar-refractivity contribution in [3.8, 4) is 0 Å². The van der Waals surface area contributed by atoms with Crippen LogP contribution in [0.1, 0.15) is 52.8 Å². The van der Waals surface area contributed by atoms with Crippen LogP contribution in [0.3, 0.4) is 0 Å². The molecule has 0 aliphatic rings. The van der Waals surface area contributed by atoms with Gasteiger partial charge in [-0.1, -0.05) is 40.5 Å². The van der Waals surface area contributed by atoms with Gasteiger partial charge in [-0.3, -0.25) is 11.3 Å². The van der Waals surface area contributed by atoms with E-state index in [2.05, 4.69) is 43.2 Å². The maximum atomic E-state index is 5.71. The third kappa shape index (κ3) is 5.28. The second kappa shape index (κ2) is 8.27. The van der Waals surface area contributed by atoms with E-state index < -0.39 is 0 Å². The zero-order chi connectivity index (χ0) is 14.3. The molecule has 5 nitrogen and oxygen atoms in total. The normalized spacial score (nSPS) is 14.8. The lowest BCUT2D eigenvalue weighted by molar-refractivity contribution is 0.339. The molecule has 0 fully saturated rings. The molecule has 0 aliphatic heterocycles. The van der Waals surface area contributed by atoms with Crippen LogP contribution >= 0.6 is 0 Å². The predicted octanol–water partition coefficient (Wildman–Crippen LogP) is 2.13. The standard InChI is InChI=1S/C14H29N5/c1-5-6-7-12(4)13(18-15)8-14-16-10-17-19(14)9-11(2)3/h10-13,18H,5-9,15H2,1-4H3. The van der Waals surface area contributed by atoms with Crippen LogP contribution in [0.5, 0.6) is 0 Å². The van der Waals surface area contributed by atoms with Crippen molar-refractivity contribution < 1.29 is 0 Å². The summed E-state index contributed by atoms with van der Waals surface area (Å²) < 4.78 is 2.00. The van der Waals surface area contributed by atoms with E-state index in [-0.39, 0.29) is 6.04 Å². The third-order valence-corrected chi connectivity index (χ3v) is 3.55. The van der Waals surface area contributed by atoms with Gasteiger partial charge in [0.2, 0.25) is 0 Å². The first-order chi connectivity index (χ1) is 9.08. The van der Waals surface area contributed by atoms with Gasteiger partial charge in [0.1, 0.15) is 12.2 Å². The molecule has 5 heteroatoms. The van der Waals surface area contributed by atoms with Gasteiger partial charge in [-0.25, -0.2) is 9.67 Å². The van der Waals surface area contributed by atoms with Crippen LogP contribution in [0.2, 0.25) is 0 Å². The van der Waals surface area contributed by atoms with Crippen LogP contribution in [0.25, 0.3) is 0 Å². The molecule has 2 atom stereocenters. The summed E-state index contributed by atoms with van der Waals surface area (Å²) in [6, 6.07) is 0.265. The maximum absolute atomic E-state index is 5.71. The van der Waals surface area contributed by atoms with E-state index in [1.165, 1.54) is 19.3 Å². The highest BCUT2D eigenvalue weighted by Gasteiger charge is 2.19. The van der Waals surface area contributed by atoms with Crippen molar-refractivity contribution >= 4 is 0 Å². The van der Waals surface area contributed by atoms with Gasteiger partial charge in [0, 0.05) is 19.0 Å². The number of aromatic nitrogens is 3. The number of hydrogen-bond acceptors (Lipinski definition) is 4. The number of unbranched alkanes of at least 4 members (excludes halogenated alkanes) is 1. The SMILES string of the molecule is CCCCC(C)C(Cc1ncnn1CC(C)C)NN. The number of nitrogens with zero attached hydrogens (tertiary/aromatic N) is 3. The first-order valence-electron chi connectivity index (χ1n) is 7.41. The number of rotatable bonds is 9. The second-order valence-corrected chi connectivity index (χ2v) is 5.85. The first kappa shape index (κ1) is 16.1. The second-order valence-electron chi connectivity index (χ2n) is 5.85. The highest BCUT2D eigenvalue weighted by Crippen LogP contribution is 2.15. The number of hydrogen-bond donors (Lipinski definition) is 2. The Morgan fingerprint density at radius 1 is 1.37 bits per heavy atom. The van der Waals surface area contributed by atoms with Crippen LogP contribution in [0, 0.1) is 11.8 Å². The number of nitrogens with two attached hydrogens (primary N) is 1. The Labute approximate surface area is 116 Å². The molecule has 3 N–H and O–H groups in total. The molecule has 19 heavy (non-hydrogen) atoms. The van der Waals surface area contributed by atoms with Gasteiger partial charge in [0.15, 0.2) is 0 Å². The van der Waals surface area contributed by atoms with Crippen molar-refractivity contribution in [2.45, 2.75) is 66.0 Å². The zero-order valence-electron chi connectivity index (χ0n) is 12.8. The average Bonchev–Trinajstić information content (AvgIpc) is 2.79. The Hall–Kier alpha value is -0.940. The summed E-state index contributed by atoms with van der Waals surface area (Å²) in [5.74, 6) is 7.86. The molecule has 2 unspecified atom stereocenters. The minimum absolute atomic E-state index is 0.265. The highest BCUT2D eigenvalue weighted by atomic mass is 15.3. The molecule has 0 aliphatic carbocycles. The summed E-state index contributed by atoms with van der Waals surface area (Å²) in [6.07, 6.45) is 6.16. The fraction of sp³-hybridized carbons (Fsp3) is 0.857. The van der Waals surface area contributed by atoms with Gasteiger partial charge in [-0.15, -0.1) is 0 Å². The van der Waals surface area contributed by atoms with Crippen LogP contribution in [0.4, 0.5) is 0 Å². The molecular weight excluding hydrogens is 238 g/mol. The van der Waals surface area contributed by atoms with E-state index in [4.69, 9.17) is 5.84 Å². The molecule has 0 saturated carbocycles. The highest BCUT2D eigenvalue weighted by molar-refractivity contribution is 4.91. The van der Waals surface area contributed by atoms with Crippen molar-refractivity contribution in [1.29, 1.82) is 0 Å². The largest absolute Gasteiger partial charge is 0.271 e. The molecule has 0 spiro atoms. The molecule has 0 amide bonds. The summed E-state index contributed by atoms with van der Waals surface area (Å²) in [7, 11) is 0. The van der Waals surface area contributed by atoms with E-state index in [1.54, 1.807) is 6.33 Å². The number of hydrazine groups is 1. The van der Waals surface area contributed by atoms with Gasteiger partial charge in [0.05, 0.1) is 0 Å². The average molecular weight is 267 g/mol. The monoisotopic (exact) mass is 267 g/mol. The lowest BCUT2D eigenvalue weighted by Gasteiger charge is -2.23. The van der Waals surface area contributed by atoms with E-state index >= 15 is 0 Å². The van der Waals surface area contributed by atoms with E-state index in [0.717, 1.165) is 18.8 Å². The molecule has 1 aromatic rings. The van der Waals surface area contributed by atoms with Crippen molar-refractivity contribution in [1.82, 2.24) is 20.2 Å². The lowest BCUT2D eigenvalue weighted by atomic mass is 9.93. The summed E-state index contributed by atoms with van der Waals surface area (Å²) in [6.45, 7) is 9.76. The van der Waals surface area contributed by atoms with Gasteiger partial charge < -0.3 is 0 Å². The third-order valence-electron chi connectivity index (χ3n) is 3.55. The Balaban J connectivity index is 2.62. The van der Waals surface area contributed by atoms with E-state index in [9.17, 15) is 0 Å². The summed E-state index contributed by atoms with van der Waals surface area (Å²) in [4.78, 5) is 4.38. The molecule has 0 saturated heterocycles. The Kier molecular flexibility index (Phi) is 7.02. The van der Waals surface area contributed by atoms with Crippen LogP contribution in [-0.2, 0) is 13.0 Å². The fourth-order valence-electron chi connectivity index (χ4n) is 2.29. The van der Waals surface area contributed by atoms with Crippen LogP contribution in [0.15, 0.2) is 6.33 Å². The molecule has 0 bridgehead atoms. The molecule has 0 aromatic carbocycles. The Bertz CT molecular complexity index is 347. The molecule has 1 rings (SSSR count). The predicted molar refractivity (Wildman–Crippen MR) is 78.4 cm³/mol. The van der Waals surface area contributed by atoms with Crippen LogP contribution < -0.4 is 11.3 Å². The summed E-state index contributed by atoms with van der Waals surface area (Å²) in [5.41, 5.74) is 2.95. The van der Waals surface area contributed by atoms with E-state index in [0.29, 0.717) is 11.8 Å². The fourth-order valence-corrected chi connectivity index (χ4v) is 2.29. The van der Waals surface area contributed by atoms with Gasteiger partial charge in [0.25, 0.3) is 0 Å². The molecule has 110 valence electrons. The summed E-state index contributed by atoms with van der Waals surface area (Å²) in [5, 5.41) is 4.30. The summed E-state index contributed by atoms with van der Waals surface area (Å²) >= 11 is 0. The van der Waals surface area contributed by atoms with Crippen molar-refractivity contribution in [3.05, 3.63) is 12.2 Å². The van der Waals surface area contributed by atoms with Crippen molar-refractivity contribution in [2.24, 2.45) is 17.7 Å². The Morgan fingerprint density at radius 3 is 2.68 bits per heavy atom. The molecule has 0 radical (unpaired) electrons. The zero-order valence-corrected chi connectivity index (χ0v) is 12.8. The first-order valence-corrected chi connectivity index (χ1v) is 7.41. The van der Waals surface area contributed by atoms with E-state index in [1.807, 2.05) is 4.68 Å². The smallest absolute Gasteiger partial charge is 0.138 e. The van der Waals surface area contributed by atoms with Crippen molar-refractivity contribution in [3.63, 3.8) is 0 Å². The Morgan fingerprint density at radius 2 is 2.11 bits per heavy atom. The maximum Gasteiger partial charge on any atom is 0.138 e. The molecule has 1 heterocycles. The molecule has 1 aromatic heterocycles. The van der Waals surface area contributed by atoms with Crippen molar-refractivity contribution in [2.75, 3.05) is 0 Å². The van der Waals surface area contributed by atoms with Gasteiger partial charge >= 0.3 is 0 Å². The lowest BCUT2D eigenvalue weighted by Crippen LogP contribution is -2.42. The van der Waals surface area contributed by atoms with Gasteiger partial charge in [-0.2, -0.15) is 5.10 Å². The van der Waals surface area contributed by atoms with Gasteiger partial charge in [-0.05, 0) is 18.3 Å². The molecular formula is C14H29N5. The minimum atomic E-state index is 0.265. The number of nitrogens with one attached hydrogen (secondary N) is 1.